The largest absolute Gasteiger partial charge is 0.497 e. The Morgan fingerprint density at radius 2 is 1.86 bits per heavy atom. The van der Waals surface area contributed by atoms with Crippen molar-refractivity contribution in [2.75, 3.05) is 7.11 Å². The van der Waals surface area contributed by atoms with Crippen molar-refractivity contribution in [3.05, 3.63) is 58.9 Å². The first kappa shape index (κ1) is 14.6. The Kier molecular flexibility index (Phi) is 4.39. The van der Waals surface area contributed by atoms with Crippen LogP contribution in [0.5, 0.6) is 11.5 Å². The van der Waals surface area contributed by atoms with Gasteiger partial charge in [-0.1, -0.05) is 18.2 Å². The van der Waals surface area contributed by atoms with E-state index in [1.54, 1.807) is 13.2 Å². The van der Waals surface area contributed by atoms with Gasteiger partial charge in [-0.25, -0.2) is 0 Å². The van der Waals surface area contributed by atoms with Crippen LogP contribution in [0, 0.1) is 0 Å². The van der Waals surface area contributed by atoms with E-state index in [0.717, 1.165) is 15.8 Å². The summed E-state index contributed by atoms with van der Waals surface area (Å²) in [5.41, 5.74) is 0.850. The predicted octanol–water partition coefficient (Wildman–Crippen LogP) is 4.09. The van der Waals surface area contributed by atoms with Crippen LogP contribution in [-0.2, 0) is 6.61 Å². The summed E-state index contributed by atoms with van der Waals surface area (Å²) in [7, 11) is 1.61. The second kappa shape index (κ2) is 6.62. The maximum absolute atomic E-state index is 5.63. The number of rotatable bonds is 5. The topological polar surface area (TPSA) is 57.4 Å². The van der Waals surface area contributed by atoms with E-state index in [-0.39, 0.29) is 6.61 Å². The molecule has 112 valence electrons. The Balaban J connectivity index is 1.71. The summed E-state index contributed by atoms with van der Waals surface area (Å²) >= 11 is 3.46. The van der Waals surface area contributed by atoms with E-state index in [0.29, 0.717) is 17.5 Å². The summed E-state index contributed by atoms with van der Waals surface area (Å²) in [6, 6.07) is 15.0. The zero-order valence-electron chi connectivity index (χ0n) is 11.8. The van der Waals surface area contributed by atoms with Crippen molar-refractivity contribution < 1.29 is 13.9 Å². The first-order chi connectivity index (χ1) is 10.8. The molecule has 3 aromatic rings. The second-order valence-electron chi connectivity index (χ2n) is 4.45. The average Bonchev–Trinajstić information content (AvgIpc) is 3.02. The van der Waals surface area contributed by atoms with Crippen molar-refractivity contribution in [1.29, 1.82) is 0 Å². The fraction of sp³-hybridized carbons (Fsp3) is 0.125. The number of ether oxygens (including phenoxy) is 2. The van der Waals surface area contributed by atoms with E-state index in [4.69, 9.17) is 13.9 Å². The number of halogens is 1. The Labute approximate surface area is 136 Å². The van der Waals surface area contributed by atoms with Gasteiger partial charge in [-0.2, -0.15) is 0 Å². The molecule has 0 aliphatic carbocycles. The molecule has 0 N–H and O–H groups in total. The van der Waals surface area contributed by atoms with E-state index in [1.165, 1.54) is 0 Å². The third-order valence-corrected chi connectivity index (χ3v) is 3.67. The van der Waals surface area contributed by atoms with Crippen molar-refractivity contribution in [3.8, 4) is 23.0 Å². The minimum Gasteiger partial charge on any atom is -0.497 e. The van der Waals surface area contributed by atoms with Crippen molar-refractivity contribution in [2.24, 2.45) is 0 Å². The van der Waals surface area contributed by atoms with Gasteiger partial charge in [-0.15, -0.1) is 10.2 Å². The zero-order chi connectivity index (χ0) is 15.4. The smallest absolute Gasteiger partial charge is 0.254 e. The maximum Gasteiger partial charge on any atom is 0.254 e. The van der Waals surface area contributed by atoms with Crippen LogP contribution in [0.1, 0.15) is 5.89 Å². The normalized spacial score (nSPS) is 10.5. The summed E-state index contributed by atoms with van der Waals surface area (Å²) in [5.74, 6) is 2.28. The lowest BCUT2D eigenvalue weighted by Crippen LogP contribution is -1.96. The van der Waals surface area contributed by atoms with Crippen molar-refractivity contribution in [2.45, 2.75) is 6.61 Å². The molecule has 0 aliphatic rings. The molecule has 0 saturated heterocycles. The van der Waals surface area contributed by atoms with Gasteiger partial charge in [0.25, 0.3) is 5.89 Å². The Morgan fingerprint density at radius 3 is 2.68 bits per heavy atom. The van der Waals surface area contributed by atoms with Gasteiger partial charge >= 0.3 is 0 Å². The first-order valence-corrected chi connectivity index (χ1v) is 7.39. The standard InChI is InChI=1S/C16H13BrN2O3/c1-20-11-5-4-6-12(9-11)21-10-15-18-19-16(22-15)13-7-2-3-8-14(13)17/h2-9H,10H2,1H3. The molecule has 0 radical (unpaired) electrons. The molecule has 2 aromatic carbocycles. The van der Waals surface area contributed by atoms with Crippen LogP contribution in [0.4, 0.5) is 0 Å². The number of hydrogen-bond acceptors (Lipinski definition) is 5. The summed E-state index contributed by atoms with van der Waals surface area (Å²) < 4.78 is 17.3. The molecule has 3 rings (SSSR count). The summed E-state index contributed by atoms with van der Waals surface area (Å²) in [6.07, 6.45) is 0. The van der Waals surface area contributed by atoms with Crippen molar-refractivity contribution >= 4 is 15.9 Å². The van der Waals surface area contributed by atoms with E-state index < -0.39 is 0 Å². The lowest BCUT2D eigenvalue weighted by atomic mass is 10.2. The van der Waals surface area contributed by atoms with E-state index in [9.17, 15) is 0 Å². The number of benzene rings is 2. The van der Waals surface area contributed by atoms with Crippen LogP contribution in [0.2, 0.25) is 0 Å². The zero-order valence-corrected chi connectivity index (χ0v) is 13.4. The molecule has 22 heavy (non-hydrogen) atoms. The highest BCUT2D eigenvalue weighted by molar-refractivity contribution is 9.10. The maximum atomic E-state index is 5.63. The van der Waals surface area contributed by atoms with Gasteiger partial charge in [0.1, 0.15) is 11.5 Å². The van der Waals surface area contributed by atoms with Gasteiger partial charge in [-0.3, -0.25) is 0 Å². The molecule has 0 aliphatic heterocycles. The number of aromatic nitrogens is 2. The SMILES string of the molecule is COc1cccc(OCc2nnc(-c3ccccc3Br)o2)c1. The van der Waals surface area contributed by atoms with Crippen LogP contribution in [0.3, 0.4) is 0 Å². The van der Waals surface area contributed by atoms with Gasteiger partial charge in [0.2, 0.25) is 5.89 Å². The van der Waals surface area contributed by atoms with E-state index in [2.05, 4.69) is 26.1 Å². The molecule has 0 unspecified atom stereocenters. The lowest BCUT2D eigenvalue weighted by molar-refractivity contribution is 0.263. The Hall–Kier alpha value is -2.34. The molecule has 0 atom stereocenters. The number of nitrogens with zero attached hydrogens (tertiary/aromatic N) is 2. The minimum absolute atomic E-state index is 0.199. The van der Waals surface area contributed by atoms with Gasteiger partial charge in [-0.05, 0) is 40.2 Å². The van der Waals surface area contributed by atoms with Crippen LogP contribution >= 0.6 is 15.9 Å². The fourth-order valence-electron chi connectivity index (χ4n) is 1.89. The highest BCUT2D eigenvalue weighted by Crippen LogP contribution is 2.27. The molecule has 6 heteroatoms. The van der Waals surface area contributed by atoms with Crippen LogP contribution in [0.15, 0.2) is 57.4 Å². The molecule has 0 bridgehead atoms. The van der Waals surface area contributed by atoms with Crippen LogP contribution < -0.4 is 9.47 Å². The van der Waals surface area contributed by atoms with Crippen molar-refractivity contribution in [3.63, 3.8) is 0 Å². The van der Waals surface area contributed by atoms with Gasteiger partial charge < -0.3 is 13.9 Å². The monoisotopic (exact) mass is 360 g/mol. The first-order valence-electron chi connectivity index (χ1n) is 6.60. The van der Waals surface area contributed by atoms with Crippen LogP contribution in [-0.4, -0.2) is 17.3 Å². The third-order valence-electron chi connectivity index (χ3n) is 2.97. The minimum atomic E-state index is 0.199. The second-order valence-corrected chi connectivity index (χ2v) is 5.30. The lowest BCUT2D eigenvalue weighted by Gasteiger charge is -2.05. The average molecular weight is 361 g/mol. The highest BCUT2D eigenvalue weighted by Gasteiger charge is 2.11. The third kappa shape index (κ3) is 3.28. The van der Waals surface area contributed by atoms with Gasteiger partial charge in [0, 0.05) is 10.5 Å². The number of methoxy groups -OCH3 is 1. The molecular formula is C16H13BrN2O3. The predicted molar refractivity (Wildman–Crippen MR) is 84.8 cm³/mol. The molecule has 0 fully saturated rings. The summed E-state index contributed by atoms with van der Waals surface area (Å²) in [6.45, 7) is 0.199. The van der Waals surface area contributed by atoms with Gasteiger partial charge in [0.15, 0.2) is 6.61 Å². The summed E-state index contributed by atoms with van der Waals surface area (Å²) in [4.78, 5) is 0. The fourth-order valence-corrected chi connectivity index (χ4v) is 2.35. The molecule has 0 saturated carbocycles. The number of hydrogen-bond donors (Lipinski definition) is 0. The summed E-state index contributed by atoms with van der Waals surface area (Å²) in [5, 5.41) is 8.04. The van der Waals surface area contributed by atoms with E-state index >= 15 is 0 Å². The quantitative estimate of drug-likeness (QED) is 0.685. The molecular weight excluding hydrogens is 348 g/mol. The molecule has 0 spiro atoms. The highest BCUT2D eigenvalue weighted by atomic mass is 79.9. The van der Waals surface area contributed by atoms with Crippen LogP contribution in [0.25, 0.3) is 11.5 Å². The van der Waals surface area contributed by atoms with Crippen molar-refractivity contribution in [1.82, 2.24) is 10.2 Å². The Morgan fingerprint density at radius 1 is 1.05 bits per heavy atom. The molecule has 1 aromatic heterocycles. The molecule has 5 nitrogen and oxygen atoms in total. The van der Waals surface area contributed by atoms with E-state index in [1.807, 2.05) is 42.5 Å². The molecule has 0 amide bonds. The molecule has 1 heterocycles. The Bertz CT molecular complexity index is 773. The van der Waals surface area contributed by atoms with Gasteiger partial charge in [0.05, 0.1) is 12.7 Å².